The summed E-state index contributed by atoms with van der Waals surface area (Å²) in [5.41, 5.74) is 1.14. The molecule has 1 fully saturated rings. The summed E-state index contributed by atoms with van der Waals surface area (Å²) >= 11 is 4.01. The number of hydrogen-bond acceptors (Lipinski definition) is 4. The lowest BCUT2D eigenvalue weighted by molar-refractivity contribution is 0.187. The number of hydrogen-bond donors (Lipinski definition) is 2. The summed E-state index contributed by atoms with van der Waals surface area (Å²) in [5.74, 6) is 0. The van der Waals surface area contributed by atoms with Crippen LogP contribution in [0.5, 0.6) is 0 Å². The number of amides is 1. The lowest BCUT2D eigenvalue weighted by Gasteiger charge is -2.20. The minimum atomic E-state index is -2.10. The van der Waals surface area contributed by atoms with Crippen LogP contribution in [0.2, 0.25) is 0 Å². The Hall–Kier alpha value is -1.15. The van der Waals surface area contributed by atoms with E-state index >= 15 is 0 Å². The highest BCUT2D eigenvalue weighted by atomic mass is 35.5. The summed E-state index contributed by atoms with van der Waals surface area (Å²) in [5, 5.41) is 2.53. The number of benzene rings is 1. The number of carbonyl (C=O) groups excluding carboxylic acids is 1. The number of carbonyl (C=O) groups is 1. The highest BCUT2D eigenvalue weighted by Gasteiger charge is 2.28. The highest BCUT2D eigenvalue weighted by Crippen LogP contribution is 2.37. The van der Waals surface area contributed by atoms with Gasteiger partial charge in [0, 0.05) is 12.2 Å². The number of nitrogens with one attached hydrogen (secondary N) is 1. The predicted molar refractivity (Wildman–Crippen MR) is 76.0 cm³/mol. The van der Waals surface area contributed by atoms with Crippen LogP contribution >= 0.6 is 11.8 Å². The molecule has 8 heteroatoms. The van der Waals surface area contributed by atoms with Crippen LogP contribution in [0.15, 0.2) is 23.1 Å². The maximum Gasteiger partial charge on any atom is 0.411 e. The molecule has 1 aliphatic heterocycles. The number of ether oxygens (including phenoxy) is 1. The van der Waals surface area contributed by atoms with E-state index in [0.717, 1.165) is 19.4 Å². The van der Waals surface area contributed by atoms with E-state index in [-0.39, 0.29) is 6.04 Å². The zero-order valence-electron chi connectivity index (χ0n) is 10.8. The third-order valence-corrected chi connectivity index (χ3v) is 4.33. The summed E-state index contributed by atoms with van der Waals surface area (Å²) in [6.07, 6.45) is 1.12. The minimum Gasteiger partial charge on any atom is -0.453 e. The molecule has 1 aromatic rings. The second kappa shape index (κ2) is 6.53. The van der Waals surface area contributed by atoms with Gasteiger partial charge in [-0.15, -0.1) is 0 Å². The molecule has 1 aliphatic rings. The average molecular weight is 319 g/mol. The van der Waals surface area contributed by atoms with Crippen molar-refractivity contribution in [2.45, 2.75) is 23.8 Å². The van der Waals surface area contributed by atoms with Crippen LogP contribution in [-0.4, -0.2) is 32.9 Å². The zero-order valence-corrected chi connectivity index (χ0v) is 12.4. The first-order valence-electron chi connectivity index (χ1n) is 6.05. The molecule has 2 atom stereocenters. The van der Waals surface area contributed by atoms with E-state index in [0.29, 0.717) is 16.1 Å². The molecule has 6 nitrogen and oxygen atoms in total. The van der Waals surface area contributed by atoms with Crippen LogP contribution in [0, 0.1) is 0 Å². The van der Waals surface area contributed by atoms with Crippen LogP contribution in [-0.2, 0) is 15.8 Å². The summed E-state index contributed by atoms with van der Waals surface area (Å²) in [6.45, 7) is 0.721. The second-order valence-electron chi connectivity index (χ2n) is 4.40. The molecule has 0 aromatic heterocycles. The van der Waals surface area contributed by atoms with E-state index in [1.807, 2.05) is 0 Å². The third kappa shape index (κ3) is 3.29. The fourth-order valence-corrected chi connectivity index (χ4v) is 3.16. The lowest BCUT2D eigenvalue weighted by atomic mass is 10.0. The summed E-state index contributed by atoms with van der Waals surface area (Å²) < 4.78 is 26.9. The van der Waals surface area contributed by atoms with Gasteiger partial charge in [0.25, 0.3) is 0 Å². The quantitative estimate of drug-likeness (QED) is 0.662. The normalized spacial score (nSPS) is 20.6. The molecule has 110 valence electrons. The third-order valence-electron chi connectivity index (χ3n) is 3.18. The minimum absolute atomic E-state index is 0.137. The van der Waals surface area contributed by atoms with Gasteiger partial charge in [-0.2, -0.15) is 0 Å². The van der Waals surface area contributed by atoms with Crippen molar-refractivity contribution in [2.24, 2.45) is 0 Å². The Labute approximate surface area is 124 Å². The molecule has 1 saturated heterocycles. The van der Waals surface area contributed by atoms with E-state index in [1.54, 1.807) is 16.6 Å². The van der Waals surface area contributed by atoms with E-state index in [2.05, 4.69) is 10.1 Å². The first-order chi connectivity index (χ1) is 9.52. The molecule has 0 aliphatic carbocycles. The van der Waals surface area contributed by atoms with Crippen LogP contribution in [0.1, 0.15) is 24.4 Å². The Morgan fingerprint density at radius 3 is 2.90 bits per heavy atom. The molecule has 0 spiro atoms. The van der Waals surface area contributed by atoms with Crippen LogP contribution < -0.4 is 5.32 Å². The Balaban J connectivity index is 2.36. The maximum absolute atomic E-state index is 11.4. The first-order valence-corrected chi connectivity index (χ1v) is 7.49. The van der Waals surface area contributed by atoms with Gasteiger partial charge < -0.3 is 9.29 Å². The van der Waals surface area contributed by atoms with E-state index < -0.39 is 17.2 Å². The first kappa shape index (κ1) is 15.2. The smallest absolute Gasteiger partial charge is 0.411 e. The van der Waals surface area contributed by atoms with Crippen molar-refractivity contribution in [1.82, 2.24) is 4.42 Å². The standard InChI is InChI=1S/C12H15ClN2O4S/c1-19-12(16)14-8-4-5-11(20(17)18)9(7-8)10-3-2-6-15(10)13/h4-5,7,10H,2-3,6H2,1H3,(H,14,16)(H,17,18)/t10-/m1/s1. The van der Waals surface area contributed by atoms with Gasteiger partial charge in [-0.05, 0) is 48.4 Å². The van der Waals surface area contributed by atoms with Gasteiger partial charge in [0.05, 0.1) is 18.0 Å². The summed E-state index contributed by atoms with van der Waals surface area (Å²) in [7, 11) is 1.27. The lowest BCUT2D eigenvalue weighted by Crippen LogP contribution is -2.16. The molecule has 1 heterocycles. The molecular weight excluding hydrogens is 304 g/mol. The van der Waals surface area contributed by atoms with Gasteiger partial charge in [-0.25, -0.2) is 13.4 Å². The molecule has 0 radical (unpaired) electrons. The van der Waals surface area contributed by atoms with Crippen molar-refractivity contribution in [3.8, 4) is 0 Å². The number of anilines is 1. The number of nitrogens with zero attached hydrogens (tertiary/aromatic N) is 1. The molecule has 20 heavy (non-hydrogen) atoms. The molecule has 2 rings (SSSR count). The Bertz CT molecular complexity index is 540. The van der Waals surface area contributed by atoms with E-state index in [9.17, 15) is 13.6 Å². The molecular formula is C12H15ClN2O4S. The van der Waals surface area contributed by atoms with Crippen molar-refractivity contribution >= 4 is 34.6 Å². The Kier molecular flexibility index (Phi) is 4.98. The van der Waals surface area contributed by atoms with Crippen LogP contribution in [0.4, 0.5) is 10.5 Å². The van der Waals surface area contributed by atoms with Crippen LogP contribution in [0.3, 0.4) is 0 Å². The van der Waals surface area contributed by atoms with Crippen molar-refractivity contribution in [2.75, 3.05) is 19.0 Å². The topological polar surface area (TPSA) is 78.9 Å². The molecule has 1 amide bonds. The van der Waals surface area contributed by atoms with Crippen molar-refractivity contribution in [1.29, 1.82) is 0 Å². The second-order valence-corrected chi connectivity index (χ2v) is 5.77. The van der Waals surface area contributed by atoms with Crippen molar-refractivity contribution in [3.05, 3.63) is 23.8 Å². The molecule has 2 N–H and O–H groups in total. The molecule has 1 unspecified atom stereocenters. The van der Waals surface area contributed by atoms with Gasteiger partial charge in [-0.3, -0.25) is 5.32 Å². The number of methoxy groups -OCH3 is 1. The fraction of sp³-hybridized carbons (Fsp3) is 0.417. The van der Waals surface area contributed by atoms with E-state index in [1.165, 1.54) is 13.2 Å². The number of halogens is 1. The van der Waals surface area contributed by atoms with Gasteiger partial charge in [0.15, 0.2) is 11.1 Å². The molecule has 1 aromatic carbocycles. The summed E-state index contributed by atoms with van der Waals surface area (Å²) in [4.78, 5) is 11.5. The largest absolute Gasteiger partial charge is 0.453 e. The molecule has 0 bridgehead atoms. The predicted octanol–water partition coefficient (Wildman–Crippen LogP) is 2.74. The van der Waals surface area contributed by atoms with E-state index in [4.69, 9.17) is 11.8 Å². The molecule has 0 saturated carbocycles. The van der Waals surface area contributed by atoms with Crippen molar-refractivity contribution < 1.29 is 18.3 Å². The number of rotatable bonds is 3. The monoisotopic (exact) mass is 318 g/mol. The summed E-state index contributed by atoms with van der Waals surface area (Å²) in [6, 6.07) is 4.59. The maximum atomic E-state index is 11.4. The Morgan fingerprint density at radius 2 is 2.35 bits per heavy atom. The highest BCUT2D eigenvalue weighted by molar-refractivity contribution is 7.79. The van der Waals surface area contributed by atoms with Crippen molar-refractivity contribution in [3.63, 3.8) is 0 Å². The van der Waals surface area contributed by atoms with Gasteiger partial charge in [-0.1, -0.05) is 0 Å². The zero-order chi connectivity index (χ0) is 14.7. The van der Waals surface area contributed by atoms with Gasteiger partial charge in [0.2, 0.25) is 0 Å². The van der Waals surface area contributed by atoms with Crippen LogP contribution in [0.25, 0.3) is 0 Å². The Morgan fingerprint density at radius 1 is 1.60 bits per heavy atom. The fourth-order valence-electron chi connectivity index (χ4n) is 2.25. The van der Waals surface area contributed by atoms with Gasteiger partial charge in [0.1, 0.15) is 0 Å². The SMILES string of the molecule is COC(=O)Nc1ccc(S(=O)O)c([C@H]2CCCN2Cl)c1. The van der Waals surface area contributed by atoms with Gasteiger partial charge >= 0.3 is 6.09 Å². The average Bonchev–Trinajstić information content (AvgIpc) is 2.84.